The largest absolute Gasteiger partial charge is 0.507 e. The maximum absolute atomic E-state index is 13.1. The van der Waals surface area contributed by atoms with E-state index in [-0.39, 0.29) is 29.4 Å². The molecule has 3 aromatic rings. The molecule has 1 aromatic heterocycles. The number of aromatic nitrogens is 3. The molecule has 4 rings (SSSR count). The van der Waals surface area contributed by atoms with Crippen LogP contribution in [0.1, 0.15) is 75.1 Å². The first kappa shape index (κ1) is 25.7. The number of nitrogens with one attached hydrogen (secondary N) is 1. The van der Waals surface area contributed by atoms with Gasteiger partial charge in [0.1, 0.15) is 11.5 Å². The zero-order valence-corrected chi connectivity index (χ0v) is 21.9. The van der Waals surface area contributed by atoms with Gasteiger partial charge in [-0.1, -0.05) is 26.0 Å². The lowest BCUT2D eigenvalue weighted by Crippen LogP contribution is -2.32. The second-order valence-corrected chi connectivity index (χ2v) is 9.96. The van der Waals surface area contributed by atoms with Gasteiger partial charge in [0.05, 0.1) is 12.2 Å². The number of hydrogen-bond donors (Lipinski definition) is 2. The normalized spacial score (nSPS) is 14.1. The molecule has 0 unspecified atom stereocenters. The topological polar surface area (TPSA) is 92.5 Å². The number of phenolic OH excluding ortho intramolecular Hbond substituents is 1. The molecule has 1 aliphatic rings. The molecule has 8 heteroatoms. The third-order valence-electron chi connectivity index (χ3n) is 6.38. The van der Waals surface area contributed by atoms with E-state index in [0.717, 1.165) is 30.9 Å². The lowest BCUT2D eigenvalue weighted by Gasteiger charge is -2.18. The van der Waals surface area contributed by atoms with Crippen molar-refractivity contribution in [2.75, 3.05) is 19.7 Å². The molecule has 192 valence electrons. The Kier molecular flexibility index (Phi) is 7.94. The molecule has 0 saturated carbocycles. The fraction of sp³-hybridized carbons (Fsp3) is 0.464. The first-order valence-corrected chi connectivity index (χ1v) is 12.9. The predicted octanol–water partition coefficient (Wildman–Crippen LogP) is 4.90. The Morgan fingerprint density at radius 1 is 1.08 bits per heavy atom. The Balaban J connectivity index is 1.80. The van der Waals surface area contributed by atoms with Crippen molar-refractivity contribution >= 4 is 5.91 Å². The second kappa shape index (κ2) is 11.1. The quantitative estimate of drug-likeness (QED) is 0.443. The van der Waals surface area contributed by atoms with Crippen LogP contribution in [0, 0.1) is 0 Å². The maximum atomic E-state index is 13.1. The number of hydrogen-bond acceptors (Lipinski definition) is 6. The summed E-state index contributed by atoms with van der Waals surface area (Å²) in [5, 5.41) is 22.5. The van der Waals surface area contributed by atoms with E-state index < -0.39 is 0 Å². The fourth-order valence-corrected chi connectivity index (χ4v) is 4.62. The SMILES string of the molecule is CCOc1cc(O)c(-c2nnc(C(=O)NC(C)C)n2-c2ccc(CN3CCCC3)cc2)cc1C(C)C. The highest BCUT2D eigenvalue weighted by Crippen LogP contribution is 2.39. The highest BCUT2D eigenvalue weighted by atomic mass is 16.5. The van der Waals surface area contributed by atoms with Crippen molar-refractivity contribution in [3.63, 3.8) is 0 Å². The Morgan fingerprint density at radius 3 is 2.39 bits per heavy atom. The van der Waals surface area contributed by atoms with E-state index in [4.69, 9.17) is 4.74 Å². The monoisotopic (exact) mass is 491 g/mol. The molecule has 0 radical (unpaired) electrons. The van der Waals surface area contributed by atoms with Crippen LogP contribution in [-0.4, -0.2) is 56.4 Å². The van der Waals surface area contributed by atoms with Crippen molar-refractivity contribution in [3.8, 4) is 28.6 Å². The minimum Gasteiger partial charge on any atom is -0.507 e. The lowest BCUT2D eigenvalue weighted by molar-refractivity contribution is 0.0930. The summed E-state index contributed by atoms with van der Waals surface area (Å²) in [5.41, 5.74) is 3.43. The molecule has 1 saturated heterocycles. The summed E-state index contributed by atoms with van der Waals surface area (Å²) in [6.07, 6.45) is 2.50. The van der Waals surface area contributed by atoms with Gasteiger partial charge in [-0.2, -0.15) is 0 Å². The van der Waals surface area contributed by atoms with Gasteiger partial charge in [0, 0.05) is 24.3 Å². The molecule has 0 bridgehead atoms. The summed E-state index contributed by atoms with van der Waals surface area (Å²) >= 11 is 0. The smallest absolute Gasteiger partial charge is 0.289 e. The van der Waals surface area contributed by atoms with E-state index >= 15 is 0 Å². The van der Waals surface area contributed by atoms with Crippen LogP contribution < -0.4 is 10.1 Å². The van der Waals surface area contributed by atoms with Crippen molar-refractivity contribution in [3.05, 3.63) is 53.3 Å². The van der Waals surface area contributed by atoms with Crippen LogP contribution in [0.15, 0.2) is 36.4 Å². The van der Waals surface area contributed by atoms with E-state index in [1.54, 1.807) is 10.6 Å². The average molecular weight is 492 g/mol. The van der Waals surface area contributed by atoms with Crippen LogP contribution in [0.4, 0.5) is 0 Å². The molecule has 0 atom stereocenters. The molecule has 1 aliphatic heterocycles. The third kappa shape index (κ3) is 5.54. The summed E-state index contributed by atoms with van der Waals surface area (Å²) in [5.74, 6) is 1.08. The molecule has 36 heavy (non-hydrogen) atoms. The molecule has 0 spiro atoms. The van der Waals surface area contributed by atoms with Crippen LogP contribution in [0.5, 0.6) is 11.5 Å². The highest BCUT2D eigenvalue weighted by molar-refractivity contribution is 5.92. The van der Waals surface area contributed by atoms with Crippen LogP contribution in [0.2, 0.25) is 0 Å². The minimum atomic E-state index is -0.320. The average Bonchev–Trinajstić information content (AvgIpc) is 3.49. The molecule has 1 fully saturated rings. The summed E-state index contributed by atoms with van der Waals surface area (Å²) in [6, 6.07) is 11.6. The molecule has 1 amide bonds. The van der Waals surface area contributed by atoms with Gasteiger partial charge in [0.25, 0.3) is 5.91 Å². The predicted molar refractivity (Wildman–Crippen MR) is 141 cm³/mol. The second-order valence-electron chi connectivity index (χ2n) is 9.96. The molecule has 2 aromatic carbocycles. The Morgan fingerprint density at radius 2 is 1.78 bits per heavy atom. The maximum Gasteiger partial charge on any atom is 0.289 e. The van der Waals surface area contributed by atoms with Gasteiger partial charge in [-0.05, 0) is 81.9 Å². The molecule has 0 aliphatic carbocycles. The highest BCUT2D eigenvalue weighted by Gasteiger charge is 2.25. The zero-order valence-electron chi connectivity index (χ0n) is 21.9. The van der Waals surface area contributed by atoms with Gasteiger partial charge in [-0.25, -0.2) is 0 Å². The fourth-order valence-electron chi connectivity index (χ4n) is 4.62. The Labute approximate surface area is 213 Å². The van der Waals surface area contributed by atoms with Crippen molar-refractivity contribution in [1.82, 2.24) is 25.0 Å². The number of aromatic hydroxyl groups is 1. The molecule has 2 N–H and O–H groups in total. The number of likely N-dealkylation sites (tertiary alicyclic amines) is 1. The van der Waals surface area contributed by atoms with E-state index in [1.807, 2.05) is 39.0 Å². The van der Waals surface area contributed by atoms with Gasteiger partial charge < -0.3 is 15.2 Å². The van der Waals surface area contributed by atoms with Gasteiger partial charge in [0.2, 0.25) is 5.82 Å². The van der Waals surface area contributed by atoms with Crippen molar-refractivity contribution in [2.45, 2.75) is 66.0 Å². The number of nitrogens with zero attached hydrogens (tertiary/aromatic N) is 4. The van der Waals surface area contributed by atoms with E-state index in [1.165, 1.54) is 18.4 Å². The molecular formula is C28H37N5O3. The summed E-state index contributed by atoms with van der Waals surface area (Å²) in [4.78, 5) is 15.5. The summed E-state index contributed by atoms with van der Waals surface area (Å²) in [6.45, 7) is 13.5. The van der Waals surface area contributed by atoms with Crippen LogP contribution in [0.3, 0.4) is 0 Å². The van der Waals surface area contributed by atoms with E-state index in [9.17, 15) is 9.90 Å². The number of carbonyl (C=O) groups excluding carboxylic acids is 1. The van der Waals surface area contributed by atoms with Crippen LogP contribution >= 0.6 is 0 Å². The Bertz CT molecular complexity index is 1190. The molecular weight excluding hydrogens is 454 g/mol. The van der Waals surface area contributed by atoms with Crippen LogP contribution in [0.25, 0.3) is 17.1 Å². The number of benzene rings is 2. The van der Waals surface area contributed by atoms with Crippen LogP contribution in [-0.2, 0) is 6.54 Å². The lowest BCUT2D eigenvalue weighted by atomic mass is 9.98. The first-order valence-electron chi connectivity index (χ1n) is 12.9. The Hall–Kier alpha value is -3.39. The number of phenols is 1. The summed E-state index contributed by atoms with van der Waals surface area (Å²) in [7, 11) is 0. The van der Waals surface area contributed by atoms with Gasteiger partial charge in [-0.3, -0.25) is 14.3 Å². The van der Waals surface area contributed by atoms with E-state index in [2.05, 4.69) is 46.4 Å². The third-order valence-corrected chi connectivity index (χ3v) is 6.38. The van der Waals surface area contributed by atoms with Crippen molar-refractivity contribution in [2.24, 2.45) is 0 Å². The number of ether oxygens (including phenoxy) is 1. The van der Waals surface area contributed by atoms with Crippen molar-refractivity contribution in [1.29, 1.82) is 0 Å². The van der Waals surface area contributed by atoms with E-state index in [0.29, 0.717) is 23.7 Å². The zero-order chi connectivity index (χ0) is 25.8. The van der Waals surface area contributed by atoms with Gasteiger partial charge >= 0.3 is 0 Å². The standard InChI is InChI=1S/C28H37N5O3/c1-6-36-25-16-24(34)23(15-22(25)18(2)3)26-30-31-27(28(35)29-19(4)5)33(26)21-11-9-20(10-12-21)17-32-13-7-8-14-32/h9-12,15-16,18-19,34H,6-8,13-14,17H2,1-5H3,(H,29,35). The van der Waals surface area contributed by atoms with Gasteiger partial charge in [0.15, 0.2) is 5.82 Å². The van der Waals surface area contributed by atoms with Crippen molar-refractivity contribution < 1.29 is 14.6 Å². The van der Waals surface area contributed by atoms with Gasteiger partial charge in [-0.15, -0.1) is 10.2 Å². The first-order chi connectivity index (χ1) is 17.3. The summed E-state index contributed by atoms with van der Waals surface area (Å²) < 4.78 is 7.49. The molecule has 8 nitrogen and oxygen atoms in total. The number of carbonyl (C=O) groups is 1. The number of amides is 1. The minimum absolute atomic E-state index is 0.0259. The number of rotatable bonds is 9. The molecule has 2 heterocycles.